The number of pyridine rings is 1. The Morgan fingerprint density at radius 2 is 2.23 bits per heavy atom. The third-order valence-corrected chi connectivity index (χ3v) is 2.61. The van der Waals surface area contributed by atoms with E-state index < -0.39 is 0 Å². The van der Waals surface area contributed by atoms with Gasteiger partial charge < -0.3 is 5.73 Å². The number of nitrogen functional groups attached to an aromatic ring is 1. The number of aromatic nitrogens is 3. The summed E-state index contributed by atoms with van der Waals surface area (Å²) in [5.74, 6) is 0.645. The first-order valence-corrected chi connectivity index (χ1v) is 5.32. The maximum absolute atomic E-state index is 5.47. The zero-order valence-electron chi connectivity index (χ0n) is 6.44. The van der Waals surface area contributed by atoms with Crippen molar-refractivity contribution >= 4 is 39.3 Å². The second kappa shape index (κ2) is 3.54. The maximum atomic E-state index is 5.47. The molecule has 0 bridgehead atoms. The van der Waals surface area contributed by atoms with Gasteiger partial charge in [-0.3, -0.25) is 0 Å². The van der Waals surface area contributed by atoms with E-state index >= 15 is 0 Å². The van der Waals surface area contributed by atoms with E-state index in [1.807, 2.05) is 12.1 Å². The van der Waals surface area contributed by atoms with Crippen LogP contribution < -0.4 is 5.73 Å². The minimum Gasteiger partial charge on any atom is -0.374 e. The highest BCUT2D eigenvalue weighted by atomic mass is 127. The number of nitrogens with zero attached hydrogens (tertiary/aromatic N) is 3. The SMILES string of the molecule is Nc1nc(-c2ccc(I)nc2)ns1. The molecule has 0 aromatic carbocycles. The molecule has 0 saturated carbocycles. The van der Waals surface area contributed by atoms with Gasteiger partial charge in [-0.05, 0) is 34.7 Å². The molecule has 0 fully saturated rings. The van der Waals surface area contributed by atoms with Gasteiger partial charge in [0.1, 0.15) is 3.70 Å². The summed E-state index contributed by atoms with van der Waals surface area (Å²) in [5, 5.41) is 0.480. The van der Waals surface area contributed by atoms with E-state index in [0.717, 1.165) is 9.26 Å². The molecule has 0 aliphatic carbocycles. The van der Waals surface area contributed by atoms with Crippen molar-refractivity contribution in [1.29, 1.82) is 0 Å². The van der Waals surface area contributed by atoms with Gasteiger partial charge in [0.05, 0.1) is 0 Å². The second-order valence-electron chi connectivity index (χ2n) is 2.33. The van der Waals surface area contributed by atoms with Crippen LogP contribution in [0.5, 0.6) is 0 Å². The van der Waals surface area contributed by atoms with Crippen LogP contribution in [0.15, 0.2) is 18.3 Å². The molecule has 4 nitrogen and oxygen atoms in total. The predicted octanol–water partition coefficient (Wildman–Crippen LogP) is 1.79. The first-order valence-electron chi connectivity index (χ1n) is 3.47. The third-order valence-electron chi connectivity index (χ3n) is 1.43. The van der Waals surface area contributed by atoms with Crippen molar-refractivity contribution in [2.24, 2.45) is 0 Å². The molecule has 0 radical (unpaired) electrons. The second-order valence-corrected chi connectivity index (χ2v) is 4.21. The van der Waals surface area contributed by atoms with E-state index in [0.29, 0.717) is 11.0 Å². The molecule has 0 atom stereocenters. The Kier molecular flexibility index (Phi) is 2.40. The Bertz CT molecular complexity index is 411. The fourth-order valence-corrected chi connectivity index (χ4v) is 1.63. The number of hydrogen-bond acceptors (Lipinski definition) is 5. The van der Waals surface area contributed by atoms with E-state index in [2.05, 4.69) is 36.9 Å². The van der Waals surface area contributed by atoms with Crippen LogP contribution in [0.1, 0.15) is 0 Å². The molecule has 0 aliphatic rings. The van der Waals surface area contributed by atoms with Gasteiger partial charge in [-0.2, -0.15) is 9.36 Å². The molecule has 2 aromatic heterocycles. The van der Waals surface area contributed by atoms with Crippen molar-refractivity contribution in [2.45, 2.75) is 0 Å². The first kappa shape index (κ1) is 8.82. The largest absolute Gasteiger partial charge is 0.374 e. The molecule has 0 aliphatic heterocycles. The smallest absolute Gasteiger partial charge is 0.200 e. The van der Waals surface area contributed by atoms with Crippen LogP contribution in [-0.2, 0) is 0 Å². The average molecular weight is 304 g/mol. The lowest BCUT2D eigenvalue weighted by Gasteiger charge is -1.93. The molecule has 2 aromatic rings. The van der Waals surface area contributed by atoms with Gasteiger partial charge in [-0.15, -0.1) is 0 Å². The zero-order valence-corrected chi connectivity index (χ0v) is 9.41. The van der Waals surface area contributed by atoms with Crippen molar-refractivity contribution in [2.75, 3.05) is 5.73 Å². The molecular weight excluding hydrogens is 299 g/mol. The number of rotatable bonds is 1. The number of nitrogens with two attached hydrogens (primary N) is 1. The average Bonchev–Trinajstić information content (AvgIpc) is 2.53. The molecule has 66 valence electrons. The first-order chi connectivity index (χ1) is 6.25. The Balaban J connectivity index is 2.41. The van der Waals surface area contributed by atoms with Gasteiger partial charge in [-0.1, -0.05) is 0 Å². The van der Waals surface area contributed by atoms with Crippen LogP contribution in [0.2, 0.25) is 0 Å². The topological polar surface area (TPSA) is 64.7 Å². The molecule has 0 saturated heterocycles. The highest BCUT2D eigenvalue weighted by Crippen LogP contribution is 2.18. The molecule has 2 heterocycles. The fourth-order valence-electron chi connectivity index (χ4n) is 0.861. The lowest BCUT2D eigenvalue weighted by molar-refractivity contribution is 1.24. The van der Waals surface area contributed by atoms with Crippen LogP contribution in [0, 0.1) is 3.70 Å². The zero-order chi connectivity index (χ0) is 9.26. The lowest BCUT2D eigenvalue weighted by atomic mass is 10.3. The fraction of sp³-hybridized carbons (Fsp3) is 0. The Labute approximate surface area is 92.5 Å². The van der Waals surface area contributed by atoms with Gasteiger partial charge in [0, 0.05) is 23.3 Å². The van der Waals surface area contributed by atoms with Crippen LogP contribution >= 0.6 is 34.1 Å². The van der Waals surface area contributed by atoms with Gasteiger partial charge in [0.15, 0.2) is 11.0 Å². The summed E-state index contributed by atoms with van der Waals surface area (Å²) in [5.41, 5.74) is 6.37. The van der Waals surface area contributed by atoms with Crippen molar-refractivity contribution in [3.05, 3.63) is 22.0 Å². The summed E-state index contributed by atoms with van der Waals surface area (Å²) < 4.78 is 5.03. The summed E-state index contributed by atoms with van der Waals surface area (Å²) in [4.78, 5) is 8.19. The molecule has 0 amide bonds. The summed E-state index contributed by atoms with van der Waals surface area (Å²) >= 11 is 3.34. The normalized spacial score (nSPS) is 10.2. The van der Waals surface area contributed by atoms with Crippen LogP contribution in [0.4, 0.5) is 5.13 Å². The lowest BCUT2D eigenvalue weighted by Crippen LogP contribution is -1.85. The van der Waals surface area contributed by atoms with E-state index in [1.54, 1.807) is 6.20 Å². The van der Waals surface area contributed by atoms with Crippen LogP contribution in [-0.4, -0.2) is 14.3 Å². The third kappa shape index (κ3) is 1.94. The Morgan fingerprint density at radius 3 is 2.77 bits per heavy atom. The summed E-state index contributed by atoms with van der Waals surface area (Å²) in [7, 11) is 0. The minimum absolute atomic E-state index is 0.480. The summed E-state index contributed by atoms with van der Waals surface area (Å²) in [6.07, 6.45) is 1.74. The van der Waals surface area contributed by atoms with Gasteiger partial charge in [-0.25, -0.2) is 4.98 Å². The molecule has 2 N–H and O–H groups in total. The minimum atomic E-state index is 0.480. The van der Waals surface area contributed by atoms with E-state index in [-0.39, 0.29) is 0 Å². The van der Waals surface area contributed by atoms with Crippen molar-refractivity contribution < 1.29 is 0 Å². The number of halogens is 1. The molecule has 6 heteroatoms. The van der Waals surface area contributed by atoms with Crippen molar-refractivity contribution in [3.63, 3.8) is 0 Å². The number of anilines is 1. The molecule has 0 spiro atoms. The highest BCUT2D eigenvalue weighted by Gasteiger charge is 2.03. The van der Waals surface area contributed by atoms with Gasteiger partial charge in [0.2, 0.25) is 0 Å². The molecular formula is C7H5IN4S. The maximum Gasteiger partial charge on any atom is 0.200 e. The monoisotopic (exact) mass is 304 g/mol. The van der Waals surface area contributed by atoms with Crippen molar-refractivity contribution in [3.8, 4) is 11.4 Å². The van der Waals surface area contributed by atoms with Gasteiger partial charge >= 0.3 is 0 Å². The molecule has 2 rings (SSSR count). The summed E-state index contributed by atoms with van der Waals surface area (Å²) in [6.45, 7) is 0. The standard InChI is InChI=1S/C7H5IN4S/c8-5-2-1-4(3-10-5)6-11-7(9)13-12-6/h1-3H,(H2,9,11,12). The van der Waals surface area contributed by atoms with Crippen LogP contribution in [0.3, 0.4) is 0 Å². The van der Waals surface area contributed by atoms with Crippen LogP contribution in [0.25, 0.3) is 11.4 Å². The molecule has 13 heavy (non-hydrogen) atoms. The van der Waals surface area contributed by atoms with E-state index in [4.69, 9.17) is 5.73 Å². The quantitative estimate of drug-likeness (QED) is 0.644. The Morgan fingerprint density at radius 1 is 1.38 bits per heavy atom. The molecule has 0 unspecified atom stereocenters. The van der Waals surface area contributed by atoms with Crippen molar-refractivity contribution in [1.82, 2.24) is 14.3 Å². The summed E-state index contributed by atoms with van der Waals surface area (Å²) in [6, 6.07) is 3.84. The number of hydrogen-bond donors (Lipinski definition) is 1. The Hall–Kier alpha value is -0.760. The predicted molar refractivity (Wildman–Crippen MR) is 60.3 cm³/mol. The van der Waals surface area contributed by atoms with E-state index in [9.17, 15) is 0 Å². The highest BCUT2D eigenvalue weighted by molar-refractivity contribution is 14.1. The van der Waals surface area contributed by atoms with E-state index in [1.165, 1.54) is 11.5 Å². The van der Waals surface area contributed by atoms with Gasteiger partial charge in [0.25, 0.3) is 0 Å².